The summed E-state index contributed by atoms with van der Waals surface area (Å²) in [5.74, 6) is 0.195. The van der Waals surface area contributed by atoms with Gasteiger partial charge < -0.3 is 14.7 Å². The number of carbonyl (C=O) groups is 1. The van der Waals surface area contributed by atoms with Gasteiger partial charge in [-0.25, -0.2) is 0 Å². The average Bonchev–Trinajstić information content (AvgIpc) is 2.43. The average molecular weight is 215 g/mol. The van der Waals surface area contributed by atoms with Crippen molar-refractivity contribution in [3.8, 4) is 0 Å². The van der Waals surface area contributed by atoms with Crippen LogP contribution in [0.3, 0.4) is 0 Å². The molecule has 0 saturated carbocycles. The van der Waals surface area contributed by atoms with E-state index in [0.717, 1.165) is 26.0 Å². The number of rotatable bonds is 4. The van der Waals surface area contributed by atoms with Crippen LogP contribution in [0.15, 0.2) is 0 Å². The molecule has 0 spiro atoms. The van der Waals surface area contributed by atoms with Gasteiger partial charge in [-0.1, -0.05) is 0 Å². The molecule has 1 aliphatic heterocycles. The van der Waals surface area contributed by atoms with Crippen molar-refractivity contribution in [1.82, 2.24) is 4.90 Å². The first-order chi connectivity index (χ1) is 7.24. The van der Waals surface area contributed by atoms with E-state index in [2.05, 4.69) is 0 Å². The molecule has 0 aromatic heterocycles. The van der Waals surface area contributed by atoms with Crippen molar-refractivity contribution in [2.45, 2.75) is 38.7 Å². The molecule has 1 amide bonds. The maximum atomic E-state index is 11.8. The minimum atomic E-state index is 0.147. The van der Waals surface area contributed by atoms with Crippen molar-refractivity contribution < 1.29 is 14.6 Å². The molecule has 4 nitrogen and oxygen atoms in total. The van der Waals surface area contributed by atoms with Gasteiger partial charge in [0.15, 0.2) is 0 Å². The second-order valence-electron chi connectivity index (χ2n) is 4.06. The highest BCUT2D eigenvalue weighted by atomic mass is 16.5. The monoisotopic (exact) mass is 215 g/mol. The van der Waals surface area contributed by atoms with Crippen molar-refractivity contribution in [1.29, 1.82) is 0 Å². The number of ether oxygens (including phenoxy) is 1. The van der Waals surface area contributed by atoms with Crippen molar-refractivity contribution in [2.24, 2.45) is 0 Å². The van der Waals surface area contributed by atoms with Gasteiger partial charge in [0.1, 0.15) is 0 Å². The fraction of sp³-hybridized carbons (Fsp3) is 0.909. The number of nitrogens with zero attached hydrogens (tertiary/aromatic N) is 1. The smallest absolute Gasteiger partial charge is 0.222 e. The molecule has 1 fully saturated rings. The zero-order valence-electron chi connectivity index (χ0n) is 9.45. The summed E-state index contributed by atoms with van der Waals surface area (Å²) in [6.45, 7) is 4.44. The quantitative estimate of drug-likeness (QED) is 0.705. The number of aliphatic hydroxyl groups excluding tert-OH is 1. The number of hydrogen-bond donors (Lipinski definition) is 1. The van der Waals surface area contributed by atoms with E-state index in [1.165, 1.54) is 0 Å². The van der Waals surface area contributed by atoms with E-state index in [1.54, 1.807) is 0 Å². The van der Waals surface area contributed by atoms with Crippen LogP contribution in [0.5, 0.6) is 0 Å². The van der Waals surface area contributed by atoms with Crippen LogP contribution in [0, 0.1) is 0 Å². The first kappa shape index (κ1) is 12.5. The lowest BCUT2D eigenvalue weighted by Crippen LogP contribution is -2.35. The Labute approximate surface area is 91.2 Å². The van der Waals surface area contributed by atoms with E-state index in [9.17, 15) is 4.79 Å². The van der Waals surface area contributed by atoms with Gasteiger partial charge in [-0.15, -0.1) is 0 Å². The summed E-state index contributed by atoms with van der Waals surface area (Å²) < 4.78 is 5.47. The predicted molar refractivity (Wildman–Crippen MR) is 57.5 cm³/mol. The maximum absolute atomic E-state index is 11.8. The molecular formula is C11H21NO3. The third kappa shape index (κ3) is 4.62. The molecule has 0 aliphatic carbocycles. The second-order valence-corrected chi connectivity index (χ2v) is 4.06. The van der Waals surface area contributed by atoms with Gasteiger partial charge in [0.05, 0.1) is 6.10 Å². The number of amides is 1. The number of hydrogen-bond acceptors (Lipinski definition) is 3. The fourth-order valence-corrected chi connectivity index (χ4v) is 1.77. The molecular weight excluding hydrogens is 194 g/mol. The van der Waals surface area contributed by atoms with Gasteiger partial charge >= 0.3 is 0 Å². The molecule has 0 bridgehead atoms. The molecule has 1 N–H and O–H groups in total. The molecule has 0 radical (unpaired) electrons. The lowest BCUT2D eigenvalue weighted by Gasteiger charge is -2.22. The van der Waals surface area contributed by atoms with Crippen LogP contribution < -0.4 is 0 Å². The Kier molecular flexibility index (Phi) is 5.65. The Morgan fingerprint density at radius 3 is 3.07 bits per heavy atom. The van der Waals surface area contributed by atoms with Crippen LogP contribution in [0.25, 0.3) is 0 Å². The highest BCUT2D eigenvalue weighted by Gasteiger charge is 2.18. The van der Waals surface area contributed by atoms with E-state index in [4.69, 9.17) is 9.84 Å². The summed E-state index contributed by atoms with van der Waals surface area (Å²) in [6, 6.07) is 0. The summed E-state index contributed by atoms with van der Waals surface area (Å²) >= 11 is 0. The number of aliphatic hydroxyl groups is 1. The van der Waals surface area contributed by atoms with Crippen molar-refractivity contribution in [2.75, 3.05) is 26.3 Å². The number of unbranched alkanes of at least 4 members (excludes halogenated alkanes) is 1. The van der Waals surface area contributed by atoms with Crippen LogP contribution in [0.2, 0.25) is 0 Å². The standard InChI is InChI=1S/C11H21NO3/c1-10-9-12(6-4-8-15-10)11(14)5-2-3-7-13/h10,13H,2-9H2,1H3. The Bertz CT molecular complexity index is 196. The highest BCUT2D eigenvalue weighted by Crippen LogP contribution is 2.08. The SMILES string of the molecule is CC1CN(C(=O)CCCCO)CCCO1. The van der Waals surface area contributed by atoms with Crippen LogP contribution in [-0.2, 0) is 9.53 Å². The number of carbonyl (C=O) groups excluding carboxylic acids is 1. The van der Waals surface area contributed by atoms with E-state index < -0.39 is 0 Å². The zero-order valence-corrected chi connectivity index (χ0v) is 9.45. The highest BCUT2D eigenvalue weighted by molar-refractivity contribution is 5.76. The molecule has 1 saturated heterocycles. The fourth-order valence-electron chi connectivity index (χ4n) is 1.77. The van der Waals surface area contributed by atoms with E-state index in [0.29, 0.717) is 19.4 Å². The van der Waals surface area contributed by atoms with E-state index >= 15 is 0 Å². The Morgan fingerprint density at radius 1 is 1.53 bits per heavy atom. The first-order valence-corrected chi connectivity index (χ1v) is 5.74. The molecule has 1 unspecified atom stereocenters. The lowest BCUT2D eigenvalue weighted by atomic mass is 10.2. The molecule has 4 heteroatoms. The molecule has 0 aromatic rings. The predicted octanol–water partition coefficient (Wildman–Crippen LogP) is 0.786. The zero-order chi connectivity index (χ0) is 11.1. The summed E-state index contributed by atoms with van der Waals surface area (Å²) in [6.07, 6.45) is 3.12. The van der Waals surface area contributed by atoms with Gasteiger partial charge in [-0.3, -0.25) is 4.79 Å². The summed E-state index contributed by atoms with van der Waals surface area (Å²) in [5, 5.41) is 8.63. The van der Waals surface area contributed by atoms with E-state index in [-0.39, 0.29) is 18.6 Å². The van der Waals surface area contributed by atoms with Crippen molar-refractivity contribution in [3.63, 3.8) is 0 Å². The van der Waals surface area contributed by atoms with Gasteiger partial charge in [0.25, 0.3) is 0 Å². The molecule has 15 heavy (non-hydrogen) atoms. The van der Waals surface area contributed by atoms with Crippen LogP contribution in [0.4, 0.5) is 0 Å². The first-order valence-electron chi connectivity index (χ1n) is 5.74. The lowest BCUT2D eigenvalue weighted by molar-refractivity contribution is -0.132. The molecule has 1 atom stereocenters. The minimum Gasteiger partial charge on any atom is -0.396 e. The van der Waals surface area contributed by atoms with Crippen LogP contribution in [0.1, 0.15) is 32.6 Å². The van der Waals surface area contributed by atoms with E-state index in [1.807, 2.05) is 11.8 Å². The Balaban J connectivity index is 2.29. The Morgan fingerprint density at radius 2 is 2.33 bits per heavy atom. The van der Waals surface area contributed by atoms with Gasteiger partial charge in [-0.05, 0) is 26.2 Å². The largest absolute Gasteiger partial charge is 0.396 e. The summed E-state index contributed by atoms with van der Waals surface area (Å²) in [4.78, 5) is 13.6. The summed E-state index contributed by atoms with van der Waals surface area (Å²) in [7, 11) is 0. The maximum Gasteiger partial charge on any atom is 0.222 e. The van der Waals surface area contributed by atoms with Crippen molar-refractivity contribution in [3.05, 3.63) is 0 Å². The van der Waals surface area contributed by atoms with Crippen LogP contribution in [-0.4, -0.2) is 48.3 Å². The van der Waals surface area contributed by atoms with Gasteiger partial charge in [0.2, 0.25) is 5.91 Å². The Hall–Kier alpha value is -0.610. The molecule has 88 valence electrons. The molecule has 1 heterocycles. The third-order valence-electron chi connectivity index (χ3n) is 2.60. The van der Waals surface area contributed by atoms with Crippen molar-refractivity contribution >= 4 is 5.91 Å². The summed E-state index contributed by atoms with van der Waals surface area (Å²) in [5.41, 5.74) is 0. The van der Waals surface area contributed by atoms with Gasteiger partial charge in [0, 0.05) is 32.7 Å². The second kappa shape index (κ2) is 6.80. The molecule has 0 aromatic carbocycles. The normalized spacial score (nSPS) is 22.5. The molecule has 1 aliphatic rings. The third-order valence-corrected chi connectivity index (χ3v) is 2.60. The molecule has 1 rings (SSSR count). The van der Waals surface area contributed by atoms with Gasteiger partial charge in [-0.2, -0.15) is 0 Å². The van der Waals surface area contributed by atoms with Crippen LogP contribution >= 0.6 is 0 Å². The minimum absolute atomic E-state index is 0.147. The topological polar surface area (TPSA) is 49.8 Å².